The smallest absolute Gasteiger partial charge is 0.340 e. The fourth-order valence-corrected chi connectivity index (χ4v) is 4.23. The number of esters is 1. The highest BCUT2D eigenvalue weighted by Gasteiger charge is 2.21. The Morgan fingerprint density at radius 2 is 1.73 bits per heavy atom. The normalized spacial score (nSPS) is 13.6. The van der Waals surface area contributed by atoms with Crippen molar-refractivity contribution in [2.45, 2.75) is 30.6 Å². The van der Waals surface area contributed by atoms with E-state index in [2.05, 4.69) is 4.72 Å². The van der Waals surface area contributed by atoms with Crippen LogP contribution >= 0.6 is 0 Å². The van der Waals surface area contributed by atoms with Crippen LogP contribution in [-0.4, -0.2) is 28.6 Å². The Kier molecular flexibility index (Phi) is 5.18. The van der Waals surface area contributed by atoms with Gasteiger partial charge in [-0.3, -0.25) is 4.72 Å². The number of carbonyl (C=O) groups is 1. The molecule has 0 fully saturated rings. The number of rotatable bonds is 5. The van der Waals surface area contributed by atoms with Crippen molar-refractivity contribution in [1.82, 2.24) is 0 Å². The molecule has 0 atom stereocenters. The van der Waals surface area contributed by atoms with E-state index in [4.69, 9.17) is 9.47 Å². The topological polar surface area (TPSA) is 81.7 Å². The molecule has 26 heavy (non-hydrogen) atoms. The van der Waals surface area contributed by atoms with Crippen LogP contribution in [-0.2, 0) is 27.6 Å². The summed E-state index contributed by atoms with van der Waals surface area (Å²) in [5, 5.41) is 0. The molecule has 0 bridgehead atoms. The second-order valence-corrected chi connectivity index (χ2v) is 7.83. The van der Waals surface area contributed by atoms with Gasteiger partial charge in [-0.15, -0.1) is 0 Å². The Hall–Kier alpha value is -2.54. The van der Waals surface area contributed by atoms with Gasteiger partial charge in [-0.25, -0.2) is 13.2 Å². The van der Waals surface area contributed by atoms with Gasteiger partial charge in [-0.2, -0.15) is 0 Å². The molecule has 3 rings (SSSR count). The fourth-order valence-electron chi connectivity index (χ4n) is 3.10. The van der Waals surface area contributed by atoms with Crippen molar-refractivity contribution in [3.63, 3.8) is 0 Å². The summed E-state index contributed by atoms with van der Waals surface area (Å²) in [5.74, 6) is -0.214. The number of fused-ring (bicyclic) bond motifs is 1. The second-order valence-electron chi connectivity index (χ2n) is 6.15. The van der Waals surface area contributed by atoms with Gasteiger partial charge in [0.1, 0.15) is 5.75 Å². The van der Waals surface area contributed by atoms with Crippen LogP contribution in [0.25, 0.3) is 0 Å². The van der Waals surface area contributed by atoms with E-state index in [0.717, 1.165) is 31.2 Å². The Morgan fingerprint density at radius 1 is 1.00 bits per heavy atom. The molecule has 0 aromatic heterocycles. The molecular weight excluding hydrogens is 354 g/mol. The highest BCUT2D eigenvalue weighted by molar-refractivity contribution is 7.92. The lowest BCUT2D eigenvalue weighted by molar-refractivity contribution is 0.0601. The van der Waals surface area contributed by atoms with Gasteiger partial charge < -0.3 is 9.47 Å². The minimum Gasteiger partial charge on any atom is -0.497 e. The zero-order valence-electron chi connectivity index (χ0n) is 14.7. The minimum atomic E-state index is -3.83. The van der Waals surface area contributed by atoms with Gasteiger partial charge in [0.15, 0.2) is 0 Å². The summed E-state index contributed by atoms with van der Waals surface area (Å²) in [7, 11) is -1.12. The third kappa shape index (κ3) is 3.67. The maximum atomic E-state index is 12.8. The molecule has 138 valence electrons. The van der Waals surface area contributed by atoms with E-state index in [0.29, 0.717) is 5.75 Å². The molecule has 0 saturated carbocycles. The summed E-state index contributed by atoms with van der Waals surface area (Å²) in [5.41, 5.74) is 2.51. The first-order valence-electron chi connectivity index (χ1n) is 8.35. The molecule has 0 amide bonds. The van der Waals surface area contributed by atoms with Crippen LogP contribution in [0.3, 0.4) is 0 Å². The number of hydrogen-bond acceptors (Lipinski definition) is 5. The van der Waals surface area contributed by atoms with Crippen molar-refractivity contribution < 1.29 is 22.7 Å². The highest BCUT2D eigenvalue weighted by Crippen LogP contribution is 2.28. The van der Waals surface area contributed by atoms with Gasteiger partial charge >= 0.3 is 5.97 Å². The van der Waals surface area contributed by atoms with E-state index in [1.807, 2.05) is 6.07 Å². The number of ether oxygens (including phenoxy) is 2. The van der Waals surface area contributed by atoms with Crippen LogP contribution in [0.2, 0.25) is 0 Å². The predicted molar refractivity (Wildman–Crippen MR) is 98.2 cm³/mol. The standard InChI is InChI=1S/C19H21NO5S/c1-24-15-8-10-18(17(12-15)19(21)25-2)20-26(22,23)16-9-7-13-5-3-4-6-14(13)11-16/h7-12,20H,3-6H2,1-2H3. The van der Waals surface area contributed by atoms with Gasteiger partial charge in [-0.1, -0.05) is 6.07 Å². The zero-order valence-corrected chi connectivity index (χ0v) is 15.6. The van der Waals surface area contributed by atoms with E-state index in [1.54, 1.807) is 18.2 Å². The Morgan fingerprint density at radius 3 is 2.42 bits per heavy atom. The first-order valence-corrected chi connectivity index (χ1v) is 9.84. The molecule has 0 aliphatic heterocycles. The molecule has 6 nitrogen and oxygen atoms in total. The van der Waals surface area contributed by atoms with E-state index in [1.165, 1.54) is 31.9 Å². The van der Waals surface area contributed by atoms with E-state index in [9.17, 15) is 13.2 Å². The van der Waals surface area contributed by atoms with E-state index in [-0.39, 0.29) is 16.1 Å². The highest BCUT2D eigenvalue weighted by atomic mass is 32.2. The van der Waals surface area contributed by atoms with E-state index < -0.39 is 16.0 Å². The Labute approximate surface area is 153 Å². The second kappa shape index (κ2) is 7.37. The summed E-state index contributed by atoms with van der Waals surface area (Å²) in [4.78, 5) is 12.2. The monoisotopic (exact) mass is 375 g/mol. The van der Waals surface area contributed by atoms with E-state index >= 15 is 0 Å². The lowest BCUT2D eigenvalue weighted by atomic mass is 9.92. The quantitative estimate of drug-likeness (QED) is 0.812. The third-order valence-corrected chi connectivity index (χ3v) is 5.87. The number of sulfonamides is 1. The van der Waals surface area contributed by atoms with Crippen LogP contribution in [0.5, 0.6) is 5.75 Å². The SMILES string of the molecule is COC(=O)c1cc(OC)ccc1NS(=O)(=O)c1ccc2c(c1)CCCC2. The van der Waals surface area contributed by atoms with Crippen LogP contribution < -0.4 is 9.46 Å². The van der Waals surface area contributed by atoms with Crippen LogP contribution in [0.1, 0.15) is 34.3 Å². The van der Waals surface area contributed by atoms with Crippen molar-refractivity contribution in [3.8, 4) is 5.75 Å². The van der Waals surface area contributed by atoms with Crippen LogP contribution in [0, 0.1) is 0 Å². The zero-order chi connectivity index (χ0) is 18.7. The maximum absolute atomic E-state index is 12.8. The molecule has 1 N–H and O–H groups in total. The van der Waals surface area contributed by atoms with Gasteiger partial charge in [0.25, 0.3) is 10.0 Å². The molecule has 0 spiro atoms. The third-order valence-electron chi connectivity index (χ3n) is 4.51. The average Bonchev–Trinajstić information content (AvgIpc) is 2.67. The van der Waals surface area contributed by atoms with Crippen molar-refractivity contribution >= 4 is 21.7 Å². The van der Waals surface area contributed by atoms with Crippen molar-refractivity contribution in [3.05, 3.63) is 53.1 Å². The molecule has 0 heterocycles. The summed E-state index contributed by atoms with van der Waals surface area (Å²) >= 11 is 0. The Bertz CT molecular complexity index is 937. The molecule has 0 unspecified atom stereocenters. The molecule has 2 aromatic rings. The molecule has 0 radical (unpaired) electrons. The molecular formula is C19H21NO5S. The van der Waals surface area contributed by atoms with Crippen molar-refractivity contribution in [1.29, 1.82) is 0 Å². The minimum absolute atomic E-state index is 0.0911. The lowest BCUT2D eigenvalue weighted by Crippen LogP contribution is -2.17. The first kappa shape index (κ1) is 18.3. The van der Waals surface area contributed by atoms with Gasteiger partial charge in [0, 0.05) is 0 Å². The number of benzene rings is 2. The summed E-state index contributed by atoms with van der Waals surface area (Å²) in [6.45, 7) is 0. The predicted octanol–water partition coefficient (Wildman–Crippen LogP) is 3.16. The maximum Gasteiger partial charge on any atom is 0.340 e. The number of anilines is 1. The number of carbonyl (C=O) groups excluding carboxylic acids is 1. The van der Waals surface area contributed by atoms with Crippen molar-refractivity contribution in [2.75, 3.05) is 18.9 Å². The lowest BCUT2D eigenvalue weighted by Gasteiger charge is -2.17. The van der Waals surface area contributed by atoms with Gasteiger partial charge in [0.2, 0.25) is 0 Å². The number of methoxy groups -OCH3 is 2. The van der Waals surface area contributed by atoms with Gasteiger partial charge in [0.05, 0.1) is 30.4 Å². The number of hydrogen-bond donors (Lipinski definition) is 1. The summed E-state index contributed by atoms with van der Waals surface area (Å²) in [6, 6.07) is 9.71. The van der Waals surface area contributed by atoms with Crippen LogP contribution in [0.15, 0.2) is 41.3 Å². The Balaban J connectivity index is 1.96. The number of nitrogens with one attached hydrogen (secondary N) is 1. The van der Waals surface area contributed by atoms with Crippen molar-refractivity contribution in [2.24, 2.45) is 0 Å². The average molecular weight is 375 g/mol. The van der Waals surface area contributed by atoms with Crippen LogP contribution in [0.4, 0.5) is 5.69 Å². The molecule has 2 aromatic carbocycles. The molecule has 0 saturated heterocycles. The molecule has 1 aliphatic carbocycles. The summed E-state index contributed by atoms with van der Waals surface area (Å²) < 4.78 is 38.0. The molecule has 1 aliphatic rings. The fraction of sp³-hybridized carbons (Fsp3) is 0.316. The number of aryl methyl sites for hydroxylation is 2. The first-order chi connectivity index (χ1) is 12.4. The van der Waals surface area contributed by atoms with Gasteiger partial charge in [-0.05, 0) is 67.1 Å². The largest absolute Gasteiger partial charge is 0.497 e. The summed E-state index contributed by atoms with van der Waals surface area (Å²) in [6.07, 6.45) is 4.06. The molecule has 7 heteroatoms.